The molecule has 0 radical (unpaired) electrons. The van der Waals surface area contributed by atoms with E-state index >= 15 is 0 Å². The Morgan fingerprint density at radius 1 is 0.333 bits per heavy atom. The SMILES string of the molecule is O=P(O)(O)O.O=P(O)(O)O.O=P(O)(O)O.O=P(O)(O)O.[Fe]. The van der Waals surface area contributed by atoms with Crippen molar-refractivity contribution in [2.75, 3.05) is 0 Å². The first-order valence-electron chi connectivity index (χ1n) is 3.13. The van der Waals surface area contributed by atoms with Gasteiger partial charge < -0.3 is 58.7 Å². The standard InChI is InChI=1S/Fe.4H3O4P/c;4*1-5(2,3)4/h;4*(H3,1,2,3,4). The van der Waals surface area contributed by atoms with E-state index in [0.29, 0.717) is 0 Å². The molecule has 12 N–H and O–H groups in total. The van der Waals surface area contributed by atoms with Crippen molar-refractivity contribution in [2.45, 2.75) is 0 Å². The summed E-state index contributed by atoms with van der Waals surface area (Å²) < 4.78 is 35.5. The zero-order valence-electron chi connectivity index (χ0n) is 9.14. The molecule has 16 nitrogen and oxygen atoms in total. The predicted molar refractivity (Wildman–Crippen MR) is 57.1 cm³/mol. The summed E-state index contributed by atoms with van der Waals surface area (Å²) in [5, 5.41) is 0. The van der Waals surface area contributed by atoms with E-state index in [-0.39, 0.29) is 17.1 Å². The predicted octanol–water partition coefficient (Wildman–Crippen LogP) is -3.72. The Bertz CT molecular complexity index is 285. The van der Waals surface area contributed by atoms with Crippen LogP contribution in [0.2, 0.25) is 0 Å². The third-order valence-corrected chi connectivity index (χ3v) is 0. The van der Waals surface area contributed by atoms with E-state index < -0.39 is 31.3 Å². The molecule has 0 aromatic heterocycles. The first-order valence-corrected chi connectivity index (χ1v) is 9.39. The van der Waals surface area contributed by atoms with Gasteiger partial charge >= 0.3 is 31.3 Å². The van der Waals surface area contributed by atoms with Crippen molar-refractivity contribution in [3.05, 3.63) is 0 Å². The van der Waals surface area contributed by atoms with Crippen LogP contribution in [-0.4, -0.2) is 58.7 Å². The van der Waals surface area contributed by atoms with Crippen LogP contribution in [0, 0.1) is 0 Å². The van der Waals surface area contributed by atoms with E-state index in [9.17, 15) is 0 Å². The Morgan fingerprint density at radius 2 is 0.333 bits per heavy atom. The molecule has 0 aromatic carbocycles. The van der Waals surface area contributed by atoms with Gasteiger partial charge in [-0.1, -0.05) is 0 Å². The van der Waals surface area contributed by atoms with Gasteiger partial charge in [0.25, 0.3) is 0 Å². The van der Waals surface area contributed by atoms with Gasteiger partial charge in [-0.15, -0.1) is 0 Å². The minimum absolute atomic E-state index is 0. The summed E-state index contributed by atoms with van der Waals surface area (Å²) in [5.41, 5.74) is 0. The second kappa shape index (κ2) is 13.4. The van der Waals surface area contributed by atoms with Gasteiger partial charge in [0, 0.05) is 17.1 Å². The molecule has 0 saturated heterocycles. The van der Waals surface area contributed by atoms with Crippen molar-refractivity contribution in [2.24, 2.45) is 0 Å². The molecule has 0 unspecified atom stereocenters. The Hall–Kier alpha value is 0.959. The van der Waals surface area contributed by atoms with Gasteiger partial charge in [-0.3, -0.25) is 0 Å². The second-order valence-electron chi connectivity index (χ2n) is 2.05. The molecule has 0 amide bonds. The average molecular weight is 448 g/mol. The van der Waals surface area contributed by atoms with Crippen molar-refractivity contribution >= 4 is 31.3 Å². The van der Waals surface area contributed by atoms with E-state index in [4.69, 9.17) is 77.0 Å². The smallest absolute Gasteiger partial charge is 0.303 e. The fraction of sp³-hybridized carbons (Fsp3) is 0. The summed E-state index contributed by atoms with van der Waals surface area (Å²) in [6.07, 6.45) is 0. The topological polar surface area (TPSA) is 311 Å². The molecule has 0 aliphatic rings. The van der Waals surface area contributed by atoms with Gasteiger partial charge in [0.2, 0.25) is 0 Å². The zero-order valence-corrected chi connectivity index (χ0v) is 13.8. The Kier molecular flexibility index (Phi) is 21.4. The molecule has 136 valence electrons. The van der Waals surface area contributed by atoms with Crippen molar-refractivity contribution in [3.63, 3.8) is 0 Å². The summed E-state index contributed by atoms with van der Waals surface area (Å²) >= 11 is 0. The molecule has 0 saturated carbocycles. The maximum atomic E-state index is 8.88. The summed E-state index contributed by atoms with van der Waals surface area (Å²) in [6.45, 7) is 0. The number of hydrogen-bond donors (Lipinski definition) is 12. The van der Waals surface area contributed by atoms with Crippen LogP contribution < -0.4 is 0 Å². The molecule has 0 rings (SSSR count). The maximum Gasteiger partial charge on any atom is 0.466 e. The van der Waals surface area contributed by atoms with Gasteiger partial charge in [-0.05, 0) is 0 Å². The number of phosphoric acid groups is 4. The normalized spacial score (nSPS) is 11.2. The molecule has 0 bridgehead atoms. The molecular formula is H12FeO16P4. The van der Waals surface area contributed by atoms with E-state index in [2.05, 4.69) is 0 Å². The van der Waals surface area contributed by atoms with Crippen LogP contribution in [0.25, 0.3) is 0 Å². The fourth-order valence-electron chi connectivity index (χ4n) is 0. The third-order valence-electron chi connectivity index (χ3n) is 0. The van der Waals surface area contributed by atoms with Gasteiger partial charge in [0.15, 0.2) is 0 Å². The van der Waals surface area contributed by atoms with Crippen LogP contribution in [0.1, 0.15) is 0 Å². The van der Waals surface area contributed by atoms with Crippen LogP contribution in [0.5, 0.6) is 0 Å². The van der Waals surface area contributed by atoms with Gasteiger partial charge in [-0.25, -0.2) is 18.3 Å². The summed E-state index contributed by atoms with van der Waals surface area (Å²) in [7, 11) is -18.6. The molecule has 0 spiro atoms. The molecule has 0 aromatic rings. The number of hydrogen-bond acceptors (Lipinski definition) is 4. The number of rotatable bonds is 0. The maximum absolute atomic E-state index is 8.88. The minimum atomic E-state index is -4.64. The van der Waals surface area contributed by atoms with Gasteiger partial charge in [0.1, 0.15) is 0 Å². The molecular weight excluding hydrogens is 436 g/mol. The first kappa shape index (κ1) is 33.5. The molecule has 21 heavy (non-hydrogen) atoms. The van der Waals surface area contributed by atoms with Crippen molar-refractivity contribution in [1.29, 1.82) is 0 Å². The largest absolute Gasteiger partial charge is 0.466 e. The molecule has 0 heterocycles. The van der Waals surface area contributed by atoms with Crippen molar-refractivity contribution < 1.29 is 94.0 Å². The van der Waals surface area contributed by atoms with Crippen molar-refractivity contribution in [3.8, 4) is 0 Å². The Balaban J connectivity index is -0.0000000533. The zero-order chi connectivity index (χ0) is 18.0. The van der Waals surface area contributed by atoms with Gasteiger partial charge in [0.05, 0.1) is 0 Å². The van der Waals surface area contributed by atoms with Crippen LogP contribution in [0.3, 0.4) is 0 Å². The van der Waals surface area contributed by atoms with Gasteiger partial charge in [-0.2, -0.15) is 0 Å². The fourth-order valence-corrected chi connectivity index (χ4v) is 0. The second-order valence-corrected chi connectivity index (χ2v) is 6.16. The van der Waals surface area contributed by atoms with Crippen molar-refractivity contribution in [1.82, 2.24) is 0 Å². The van der Waals surface area contributed by atoms with Crippen LogP contribution in [-0.2, 0) is 35.3 Å². The summed E-state index contributed by atoms with van der Waals surface area (Å²) in [4.78, 5) is 86.2. The first-order chi connectivity index (χ1) is 8.00. The van der Waals surface area contributed by atoms with E-state index in [0.717, 1.165) is 0 Å². The van der Waals surface area contributed by atoms with Crippen LogP contribution >= 0.6 is 31.3 Å². The molecule has 0 aliphatic carbocycles. The van der Waals surface area contributed by atoms with Crippen LogP contribution in [0.4, 0.5) is 0 Å². The Morgan fingerprint density at radius 3 is 0.333 bits per heavy atom. The minimum Gasteiger partial charge on any atom is -0.303 e. The van der Waals surface area contributed by atoms with E-state index in [1.807, 2.05) is 0 Å². The Labute approximate surface area is 126 Å². The quantitative estimate of drug-likeness (QED) is 0.125. The molecule has 0 atom stereocenters. The van der Waals surface area contributed by atoms with Crippen LogP contribution in [0.15, 0.2) is 0 Å². The average Bonchev–Trinajstić information content (AvgIpc) is 1.62. The monoisotopic (exact) mass is 448 g/mol. The molecule has 0 fully saturated rings. The summed E-state index contributed by atoms with van der Waals surface area (Å²) in [6, 6.07) is 0. The van der Waals surface area contributed by atoms with E-state index in [1.165, 1.54) is 0 Å². The molecule has 21 heteroatoms. The summed E-state index contributed by atoms with van der Waals surface area (Å²) in [5.74, 6) is 0. The third kappa shape index (κ3) is 8180. The van der Waals surface area contributed by atoms with E-state index in [1.54, 1.807) is 0 Å². The molecule has 0 aliphatic heterocycles.